The first-order valence-electron chi connectivity index (χ1n) is 8.62. The highest BCUT2D eigenvalue weighted by Gasteiger charge is 2.25. The van der Waals surface area contributed by atoms with Crippen LogP contribution in [-0.4, -0.2) is 78.2 Å². The quantitative estimate of drug-likeness (QED) is 0.891. The molecule has 23 heavy (non-hydrogen) atoms. The van der Waals surface area contributed by atoms with Crippen LogP contribution in [0.4, 0.5) is 5.82 Å². The monoisotopic (exact) mass is 318 g/mol. The Morgan fingerprint density at radius 3 is 2.52 bits per heavy atom. The summed E-state index contributed by atoms with van der Waals surface area (Å²) in [5.74, 6) is 0.928. The van der Waals surface area contributed by atoms with Gasteiger partial charge in [0.15, 0.2) is 0 Å². The van der Waals surface area contributed by atoms with Crippen molar-refractivity contribution < 1.29 is 9.90 Å². The molecule has 2 aliphatic heterocycles. The fourth-order valence-electron chi connectivity index (χ4n) is 3.41. The van der Waals surface area contributed by atoms with Gasteiger partial charge in [-0.05, 0) is 31.4 Å². The summed E-state index contributed by atoms with van der Waals surface area (Å²) in [6.07, 6.45) is 5.18. The lowest BCUT2D eigenvalue weighted by Crippen LogP contribution is -2.48. The van der Waals surface area contributed by atoms with E-state index < -0.39 is 0 Å². The zero-order valence-electron chi connectivity index (χ0n) is 13.7. The summed E-state index contributed by atoms with van der Waals surface area (Å²) in [6, 6.07) is 3.75. The molecule has 2 saturated heterocycles. The number of nitrogens with zero attached hydrogens (tertiary/aromatic N) is 4. The number of aliphatic hydroxyl groups excluding tert-OH is 1. The lowest BCUT2D eigenvalue weighted by Gasteiger charge is -2.36. The molecule has 2 fully saturated rings. The second kappa shape index (κ2) is 7.75. The second-order valence-electron chi connectivity index (χ2n) is 6.28. The predicted octanol–water partition coefficient (Wildman–Crippen LogP) is 0.822. The maximum Gasteiger partial charge on any atom is 0.257 e. The standard InChI is InChI=1S/C17H26N4O2/c22-14-13-19-9-11-20(12-10-19)16-15(5-4-6-18-16)17(23)21-7-2-1-3-8-21/h4-6,22H,1-3,7-14H2. The SMILES string of the molecule is O=C(c1cccnc1N1CCN(CCO)CC1)N1CCCCC1. The summed E-state index contributed by atoms with van der Waals surface area (Å²) in [5, 5.41) is 9.04. The maximum absolute atomic E-state index is 12.8. The van der Waals surface area contributed by atoms with E-state index in [2.05, 4.69) is 14.8 Å². The summed E-state index contributed by atoms with van der Waals surface area (Å²) in [6.45, 7) is 6.12. The fraction of sp³-hybridized carbons (Fsp3) is 0.647. The van der Waals surface area contributed by atoms with E-state index in [1.807, 2.05) is 17.0 Å². The number of rotatable bonds is 4. The van der Waals surface area contributed by atoms with Crippen LogP contribution in [0.3, 0.4) is 0 Å². The summed E-state index contributed by atoms with van der Waals surface area (Å²) < 4.78 is 0. The number of aliphatic hydroxyl groups is 1. The second-order valence-corrected chi connectivity index (χ2v) is 6.28. The normalized spacial score (nSPS) is 19.9. The van der Waals surface area contributed by atoms with Gasteiger partial charge in [0, 0.05) is 52.0 Å². The van der Waals surface area contributed by atoms with Crippen molar-refractivity contribution in [1.82, 2.24) is 14.8 Å². The number of piperidine rings is 1. The van der Waals surface area contributed by atoms with Crippen LogP contribution < -0.4 is 4.90 Å². The van der Waals surface area contributed by atoms with Crippen molar-refractivity contribution >= 4 is 11.7 Å². The van der Waals surface area contributed by atoms with E-state index in [1.54, 1.807) is 6.20 Å². The Bertz CT molecular complexity index is 523. The van der Waals surface area contributed by atoms with Gasteiger partial charge in [-0.1, -0.05) is 0 Å². The largest absolute Gasteiger partial charge is 0.395 e. The average Bonchev–Trinajstić information content (AvgIpc) is 2.63. The first-order valence-corrected chi connectivity index (χ1v) is 8.62. The van der Waals surface area contributed by atoms with Crippen LogP contribution in [0.1, 0.15) is 29.6 Å². The van der Waals surface area contributed by atoms with Gasteiger partial charge in [-0.2, -0.15) is 0 Å². The molecule has 0 spiro atoms. The van der Waals surface area contributed by atoms with Gasteiger partial charge in [0.25, 0.3) is 5.91 Å². The highest BCUT2D eigenvalue weighted by Crippen LogP contribution is 2.22. The minimum Gasteiger partial charge on any atom is -0.395 e. The first-order chi connectivity index (χ1) is 11.3. The van der Waals surface area contributed by atoms with Gasteiger partial charge in [0.05, 0.1) is 12.2 Å². The van der Waals surface area contributed by atoms with Crippen LogP contribution in [0, 0.1) is 0 Å². The van der Waals surface area contributed by atoms with Gasteiger partial charge in [-0.3, -0.25) is 9.69 Å². The van der Waals surface area contributed by atoms with Crippen molar-refractivity contribution in [3.63, 3.8) is 0 Å². The number of anilines is 1. The summed E-state index contributed by atoms with van der Waals surface area (Å²) in [4.78, 5) is 23.8. The third-order valence-corrected chi connectivity index (χ3v) is 4.75. The van der Waals surface area contributed by atoms with Crippen LogP contribution in [-0.2, 0) is 0 Å². The first kappa shape index (κ1) is 16.2. The minimum atomic E-state index is 0.116. The highest BCUT2D eigenvalue weighted by molar-refractivity contribution is 5.99. The molecule has 1 aromatic heterocycles. The molecule has 6 heteroatoms. The Labute approximate surface area is 137 Å². The van der Waals surface area contributed by atoms with E-state index in [4.69, 9.17) is 5.11 Å². The Balaban J connectivity index is 1.72. The lowest BCUT2D eigenvalue weighted by atomic mass is 10.1. The molecule has 0 unspecified atom stereocenters. The fourth-order valence-corrected chi connectivity index (χ4v) is 3.41. The molecule has 1 amide bonds. The van der Waals surface area contributed by atoms with Crippen LogP contribution in [0.5, 0.6) is 0 Å². The van der Waals surface area contributed by atoms with Crippen LogP contribution in [0.15, 0.2) is 18.3 Å². The van der Waals surface area contributed by atoms with Crippen molar-refractivity contribution in [3.8, 4) is 0 Å². The van der Waals surface area contributed by atoms with Gasteiger partial charge < -0.3 is 14.9 Å². The van der Waals surface area contributed by atoms with E-state index in [0.29, 0.717) is 0 Å². The smallest absolute Gasteiger partial charge is 0.257 e. The molecule has 0 atom stereocenters. The van der Waals surface area contributed by atoms with E-state index in [0.717, 1.165) is 70.0 Å². The average molecular weight is 318 g/mol. The van der Waals surface area contributed by atoms with Gasteiger partial charge in [-0.15, -0.1) is 0 Å². The Morgan fingerprint density at radius 2 is 1.83 bits per heavy atom. The van der Waals surface area contributed by atoms with Gasteiger partial charge >= 0.3 is 0 Å². The van der Waals surface area contributed by atoms with E-state index in [1.165, 1.54) is 6.42 Å². The van der Waals surface area contributed by atoms with E-state index in [9.17, 15) is 4.79 Å². The summed E-state index contributed by atoms with van der Waals surface area (Å²) in [7, 11) is 0. The molecule has 0 saturated carbocycles. The lowest BCUT2D eigenvalue weighted by molar-refractivity contribution is 0.0724. The molecular formula is C17H26N4O2. The number of likely N-dealkylation sites (tertiary alicyclic amines) is 1. The number of aromatic nitrogens is 1. The maximum atomic E-state index is 12.8. The number of amides is 1. The third kappa shape index (κ3) is 3.82. The molecule has 1 aromatic rings. The Hall–Kier alpha value is -1.66. The number of β-amino-alcohol motifs (C(OH)–C–C–N with tert-alkyl or cyclic N) is 1. The minimum absolute atomic E-state index is 0.116. The molecule has 6 nitrogen and oxygen atoms in total. The zero-order valence-corrected chi connectivity index (χ0v) is 13.7. The molecule has 3 heterocycles. The van der Waals surface area contributed by atoms with Crippen molar-refractivity contribution in [1.29, 1.82) is 0 Å². The van der Waals surface area contributed by atoms with E-state index in [-0.39, 0.29) is 12.5 Å². The summed E-state index contributed by atoms with van der Waals surface area (Å²) >= 11 is 0. The molecule has 0 bridgehead atoms. The zero-order chi connectivity index (χ0) is 16.1. The van der Waals surface area contributed by atoms with E-state index >= 15 is 0 Å². The number of pyridine rings is 1. The molecule has 3 rings (SSSR count). The van der Waals surface area contributed by atoms with Crippen LogP contribution in [0.2, 0.25) is 0 Å². The van der Waals surface area contributed by atoms with Gasteiger partial charge in [0.1, 0.15) is 5.82 Å². The number of carbonyl (C=O) groups excluding carboxylic acids is 1. The van der Waals surface area contributed by atoms with Crippen molar-refractivity contribution in [2.24, 2.45) is 0 Å². The molecule has 126 valence electrons. The Morgan fingerprint density at radius 1 is 1.09 bits per heavy atom. The molecule has 2 aliphatic rings. The molecule has 0 aromatic carbocycles. The van der Waals surface area contributed by atoms with Crippen molar-refractivity contribution in [2.75, 3.05) is 57.3 Å². The Kier molecular flexibility index (Phi) is 5.46. The van der Waals surface area contributed by atoms with Gasteiger partial charge in [-0.25, -0.2) is 4.98 Å². The van der Waals surface area contributed by atoms with Crippen molar-refractivity contribution in [3.05, 3.63) is 23.9 Å². The number of carbonyl (C=O) groups is 1. The molecule has 0 aliphatic carbocycles. The van der Waals surface area contributed by atoms with Crippen LogP contribution in [0.25, 0.3) is 0 Å². The van der Waals surface area contributed by atoms with Gasteiger partial charge in [0.2, 0.25) is 0 Å². The molecule has 1 N–H and O–H groups in total. The van der Waals surface area contributed by atoms with Crippen LogP contribution >= 0.6 is 0 Å². The summed E-state index contributed by atoms with van der Waals surface area (Å²) in [5.41, 5.74) is 0.727. The topological polar surface area (TPSA) is 59.9 Å². The number of piperazine rings is 1. The number of hydrogen-bond donors (Lipinski definition) is 1. The molecule has 0 radical (unpaired) electrons. The number of hydrogen-bond acceptors (Lipinski definition) is 5. The highest BCUT2D eigenvalue weighted by atomic mass is 16.3. The molecular weight excluding hydrogens is 292 g/mol. The third-order valence-electron chi connectivity index (χ3n) is 4.75. The predicted molar refractivity (Wildman–Crippen MR) is 89.7 cm³/mol. The van der Waals surface area contributed by atoms with Crippen molar-refractivity contribution in [2.45, 2.75) is 19.3 Å².